The van der Waals surface area contributed by atoms with Crippen LogP contribution in [0.4, 0.5) is 11.6 Å². The van der Waals surface area contributed by atoms with E-state index in [1.165, 1.54) is 0 Å². The van der Waals surface area contributed by atoms with Gasteiger partial charge in [0.15, 0.2) is 0 Å². The normalized spacial score (nSPS) is 10.2. The van der Waals surface area contributed by atoms with Crippen molar-refractivity contribution in [2.45, 2.75) is 6.92 Å². The molecule has 0 bridgehead atoms. The molecule has 0 saturated heterocycles. The fourth-order valence-corrected chi connectivity index (χ4v) is 1.64. The van der Waals surface area contributed by atoms with Crippen LogP contribution in [-0.2, 0) is 7.05 Å². The lowest BCUT2D eigenvalue weighted by Crippen LogP contribution is -2.10. The van der Waals surface area contributed by atoms with Crippen LogP contribution in [0.3, 0.4) is 0 Å². The smallest absolute Gasteiger partial charge is 0.132 e. The number of nitrogens with two attached hydrogens (primary N) is 1. The van der Waals surface area contributed by atoms with E-state index in [2.05, 4.69) is 15.4 Å². The molecule has 0 spiro atoms. The Kier molecular flexibility index (Phi) is 3.06. The summed E-state index contributed by atoms with van der Waals surface area (Å²) in [7, 11) is 1.87. The number of hydrogen-bond acceptors (Lipinski definition) is 4. The summed E-state index contributed by atoms with van der Waals surface area (Å²) in [6.45, 7) is 1.93. The van der Waals surface area contributed by atoms with Crippen molar-refractivity contribution >= 4 is 28.8 Å². The topological polar surface area (TPSA) is 68.8 Å². The molecule has 0 radical (unpaired) electrons. The third-order valence-electron chi connectivity index (χ3n) is 2.30. The minimum absolute atomic E-state index is 0.358. The summed E-state index contributed by atoms with van der Waals surface area (Å²) in [4.78, 5) is 4.56. The van der Waals surface area contributed by atoms with Crippen molar-refractivity contribution < 1.29 is 0 Å². The molecular formula is C11H13N5S. The van der Waals surface area contributed by atoms with Gasteiger partial charge in [-0.25, -0.2) is 4.98 Å². The molecule has 0 fully saturated rings. The maximum absolute atomic E-state index is 5.57. The first-order valence-corrected chi connectivity index (χ1v) is 5.50. The molecule has 17 heavy (non-hydrogen) atoms. The number of nitrogens with one attached hydrogen (secondary N) is 1. The molecule has 0 amide bonds. The lowest BCUT2D eigenvalue weighted by atomic mass is 10.2. The second-order valence-corrected chi connectivity index (χ2v) is 4.15. The van der Waals surface area contributed by atoms with Gasteiger partial charge in [-0.1, -0.05) is 12.2 Å². The molecule has 0 saturated carbocycles. The molecule has 2 aromatic heterocycles. The van der Waals surface area contributed by atoms with E-state index >= 15 is 0 Å². The number of pyridine rings is 1. The molecule has 0 aliphatic rings. The number of anilines is 2. The van der Waals surface area contributed by atoms with Crippen LogP contribution < -0.4 is 11.1 Å². The van der Waals surface area contributed by atoms with Crippen LogP contribution in [0.25, 0.3) is 0 Å². The highest BCUT2D eigenvalue weighted by Crippen LogP contribution is 2.15. The van der Waals surface area contributed by atoms with E-state index in [-0.39, 0.29) is 0 Å². The van der Waals surface area contributed by atoms with Crippen molar-refractivity contribution in [1.82, 2.24) is 14.8 Å². The van der Waals surface area contributed by atoms with Gasteiger partial charge in [0.2, 0.25) is 0 Å². The maximum Gasteiger partial charge on any atom is 0.132 e. The van der Waals surface area contributed by atoms with Crippen molar-refractivity contribution in [3.05, 3.63) is 35.7 Å². The van der Waals surface area contributed by atoms with Crippen LogP contribution in [0.5, 0.6) is 0 Å². The monoisotopic (exact) mass is 247 g/mol. The number of rotatable bonds is 3. The Labute approximate surface area is 105 Å². The molecule has 0 unspecified atom stereocenters. The van der Waals surface area contributed by atoms with Gasteiger partial charge >= 0.3 is 0 Å². The van der Waals surface area contributed by atoms with Crippen LogP contribution in [0.2, 0.25) is 0 Å². The highest BCUT2D eigenvalue weighted by molar-refractivity contribution is 7.80. The summed E-state index contributed by atoms with van der Waals surface area (Å²) in [6.07, 6.45) is 1.67. The van der Waals surface area contributed by atoms with Crippen molar-refractivity contribution in [2.24, 2.45) is 12.8 Å². The minimum atomic E-state index is 0.358. The Balaban J connectivity index is 2.27. The summed E-state index contributed by atoms with van der Waals surface area (Å²) in [5.41, 5.74) is 7.30. The van der Waals surface area contributed by atoms with Crippen LogP contribution in [0, 0.1) is 6.92 Å². The molecule has 0 atom stereocenters. The van der Waals surface area contributed by atoms with Gasteiger partial charge in [-0.05, 0) is 19.1 Å². The zero-order valence-electron chi connectivity index (χ0n) is 9.64. The third-order valence-corrected chi connectivity index (χ3v) is 2.54. The molecule has 2 aromatic rings. The average Bonchev–Trinajstić information content (AvgIpc) is 2.58. The predicted molar refractivity (Wildman–Crippen MR) is 71.4 cm³/mol. The Morgan fingerprint density at radius 3 is 2.82 bits per heavy atom. The van der Waals surface area contributed by atoms with E-state index in [1.54, 1.807) is 16.9 Å². The molecule has 3 N–H and O–H groups in total. The summed E-state index contributed by atoms with van der Waals surface area (Å²) in [6, 6.07) is 5.53. The first kappa shape index (κ1) is 11.5. The Morgan fingerprint density at radius 2 is 2.24 bits per heavy atom. The van der Waals surface area contributed by atoms with E-state index in [4.69, 9.17) is 18.0 Å². The number of hydrogen-bond donors (Lipinski definition) is 2. The predicted octanol–water partition coefficient (Wildman–Crippen LogP) is 1.50. The van der Waals surface area contributed by atoms with Gasteiger partial charge in [-0.3, -0.25) is 4.68 Å². The van der Waals surface area contributed by atoms with Crippen LogP contribution >= 0.6 is 12.2 Å². The quantitative estimate of drug-likeness (QED) is 0.804. The van der Waals surface area contributed by atoms with E-state index in [0.29, 0.717) is 10.8 Å². The van der Waals surface area contributed by atoms with Gasteiger partial charge < -0.3 is 11.1 Å². The fraction of sp³-hybridized carbons (Fsp3) is 0.182. The first-order chi connectivity index (χ1) is 8.06. The van der Waals surface area contributed by atoms with E-state index in [1.807, 2.05) is 26.1 Å². The summed E-state index contributed by atoms with van der Waals surface area (Å²) < 4.78 is 1.75. The number of nitrogens with zero attached hydrogens (tertiary/aromatic N) is 3. The second kappa shape index (κ2) is 4.50. The van der Waals surface area contributed by atoms with Crippen LogP contribution in [0.15, 0.2) is 24.4 Å². The van der Waals surface area contributed by atoms with Gasteiger partial charge in [-0.15, -0.1) is 0 Å². The SMILES string of the molecule is Cc1cc(Nc2cc(C(N)=S)ccn2)n(C)n1. The summed E-state index contributed by atoms with van der Waals surface area (Å²) in [5.74, 6) is 1.56. The largest absolute Gasteiger partial charge is 0.389 e. The van der Waals surface area contributed by atoms with E-state index < -0.39 is 0 Å². The van der Waals surface area contributed by atoms with Gasteiger partial charge in [-0.2, -0.15) is 5.10 Å². The highest BCUT2D eigenvalue weighted by Gasteiger charge is 2.04. The lowest BCUT2D eigenvalue weighted by Gasteiger charge is -2.06. The molecule has 6 heteroatoms. The Hall–Kier alpha value is -1.95. The van der Waals surface area contributed by atoms with Crippen molar-refractivity contribution in [3.8, 4) is 0 Å². The Morgan fingerprint density at radius 1 is 1.47 bits per heavy atom. The van der Waals surface area contributed by atoms with Crippen LogP contribution in [0.1, 0.15) is 11.3 Å². The second-order valence-electron chi connectivity index (χ2n) is 3.71. The number of aromatic nitrogens is 3. The number of thiocarbonyl (C=S) groups is 1. The van der Waals surface area contributed by atoms with Crippen molar-refractivity contribution in [3.63, 3.8) is 0 Å². The third kappa shape index (κ3) is 2.59. The Bertz CT molecular complexity index is 561. The molecule has 5 nitrogen and oxygen atoms in total. The zero-order chi connectivity index (χ0) is 12.4. The van der Waals surface area contributed by atoms with Crippen molar-refractivity contribution in [2.75, 3.05) is 5.32 Å². The standard InChI is InChI=1S/C11H13N5S/c1-7-5-10(16(2)15-7)14-9-6-8(11(12)17)3-4-13-9/h3-6H,1-2H3,(H2,12,17)(H,13,14). The summed E-state index contributed by atoms with van der Waals surface area (Å²) in [5, 5.41) is 7.40. The molecular weight excluding hydrogens is 234 g/mol. The van der Waals surface area contributed by atoms with E-state index in [0.717, 1.165) is 17.1 Å². The number of aryl methyl sites for hydroxylation is 2. The fourth-order valence-electron chi connectivity index (χ4n) is 1.51. The van der Waals surface area contributed by atoms with Gasteiger partial charge in [0.25, 0.3) is 0 Å². The highest BCUT2D eigenvalue weighted by atomic mass is 32.1. The first-order valence-electron chi connectivity index (χ1n) is 5.10. The van der Waals surface area contributed by atoms with Gasteiger partial charge in [0.1, 0.15) is 16.6 Å². The zero-order valence-corrected chi connectivity index (χ0v) is 10.5. The maximum atomic E-state index is 5.57. The molecule has 0 aliphatic carbocycles. The van der Waals surface area contributed by atoms with Gasteiger partial charge in [0, 0.05) is 24.9 Å². The van der Waals surface area contributed by atoms with Gasteiger partial charge in [0.05, 0.1) is 5.69 Å². The lowest BCUT2D eigenvalue weighted by molar-refractivity contribution is 0.764. The summed E-state index contributed by atoms with van der Waals surface area (Å²) >= 11 is 4.92. The minimum Gasteiger partial charge on any atom is -0.389 e. The van der Waals surface area contributed by atoms with E-state index in [9.17, 15) is 0 Å². The molecule has 0 aliphatic heterocycles. The average molecular weight is 247 g/mol. The van der Waals surface area contributed by atoms with Crippen LogP contribution in [-0.4, -0.2) is 19.8 Å². The molecule has 88 valence electrons. The van der Waals surface area contributed by atoms with Crippen molar-refractivity contribution in [1.29, 1.82) is 0 Å². The molecule has 2 rings (SSSR count). The molecule has 2 heterocycles. The molecule has 0 aromatic carbocycles.